The molecule has 0 amide bonds. The average Bonchev–Trinajstić information content (AvgIpc) is 2.75. The van der Waals surface area contributed by atoms with Crippen molar-refractivity contribution in [1.82, 2.24) is 14.9 Å². The minimum atomic E-state index is 0.444. The van der Waals surface area contributed by atoms with E-state index in [1.165, 1.54) is 5.56 Å². The van der Waals surface area contributed by atoms with Gasteiger partial charge in [-0.15, -0.1) is 0 Å². The Kier molecular flexibility index (Phi) is 5.13. The summed E-state index contributed by atoms with van der Waals surface area (Å²) in [5.74, 6) is 0.862. The highest BCUT2D eigenvalue weighted by molar-refractivity contribution is 6.30. The van der Waals surface area contributed by atoms with Crippen LogP contribution in [-0.4, -0.2) is 41.0 Å². The molecule has 22 heavy (non-hydrogen) atoms. The van der Waals surface area contributed by atoms with Crippen LogP contribution in [-0.2, 0) is 6.54 Å². The van der Waals surface area contributed by atoms with Gasteiger partial charge in [-0.1, -0.05) is 35.3 Å². The van der Waals surface area contributed by atoms with Gasteiger partial charge in [-0.3, -0.25) is 9.88 Å². The van der Waals surface area contributed by atoms with Gasteiger partial charge in [-0.25, -0.2) is 4.98 Å². The van der Waals surface area contributed by atoms with Crippen molar-refractivity contribution >= 4 is 29.0 Å². The van der Waals surface area contributed by atoms with E-state index in [4.69, 9.17) is 23.2 Å². The maximum atomic E-state index is 5.94. The third-order valence-electron chi connectivity index (χ3n) is 3.82. The molecule has 6 heteroatoms. The molecule has 1 aromatic carbocycles. The number of halogens is 2. The lowest BCUT2D eigenvalue weighted by molar-refractivity contribution is 0.285. The summed E-state index contributed by atoms with van der Waals surface area (Å²) in [6.07, 6.45) is 4.44. The van der Waals surface area contributed by atoms with Crippen LogP contribution in [0.1, 0.15) is 12.0 Å². The predicted octanol–water partition coefficient (Wildman–Crippen LogP) is 3.50. The van der Waals surface area contributed by atoms with Gasteiger partial charge in [0.2, 0.25) is 0 Å². The minimum Gasteiger partial charge on any atom is -0.354 e. The molecule has 1 aliphatic rings. The second kappa shape index (κ2) is 7.27. The van der Waals surface area contributed by atoms with Crippen LogP contribution in [0.3, 0.4) is 0 Å². The molecule has 2 heterocycles. The van der Waals surface area contributed by atoms with Gasteiger partial charge in [0.1, 0.15) is 11.0 Å². The smallest absolute Gasteiger partial charge is 0.149 e. The number of hydrogen-bond acceptors (Lipinski definition) is 4. The number of anilines is 1. The maximum Gasteiger partial charge on any atom is 0.149 e. The third-order valence-corrected chi connectivity index (χ3v) is 4.26. The fraction of sp³-hybridized carbons (Fsp3) is 0.375. The van der Waals surface area contributed by atoms with Gasteiger partial charge in [0.15, 0.2) is 0 Å². The van der Waals surface area contributed by atoms with Gasteiger partial charge in [0.05, 0.1) is 12.4 Å². The number of aromatic nitrogens is 2. The Balaban J connectivity index is 1.61. The first-order valence-electron chi connectivity index (χ1n) is 7.40. The minimum absolute atomic E-state index is 0.444. The fourth-order valence-corrected chi connectivity index (χ4v) is 2.96. The highest BCUT2D eigenvalue weighted by Crippen LogP contribution is 2.17. The molecule has 4 nitrogen and oxygen atoms in total. The number of rotatable bonds is 3. The molecule has 0 spiro atoms. The largest absolute Gasteiger partial charge is 0.354 e. The van der Waals surface area contributed by atoms with E-state index in [1.807, 2.05) is 12.1 Å². The van der Waals surface area contributed by atoms with Crippen LogP contribution < -0.4 is 4.90 Å². The Morgan fingerprint density at radius 2 is 1.77 bits per heavy atom. The van der Waals surface area contributed by atoms with E-state index in [2.05, 4.69) is 31.9 Å². The molecule has 1 aromatic heterocycles. The van der Waals surface area contributed by atoms with Crippen LogP contribution in [0.4, 0.5) is 5.82 Å². The van der Waals surface area contributed by atoms with E-state index in [1.54, 1.807) is 12.4 Å². The van der Waals surface area contributed by atoms with E-state index < -0.39 is 0 Å². The van der Waals surface area contributed by atoms with E-state index in [0.29, 0.717) is 5.15 Å². The van der Waals surface area contributed by atoms with Crippen molar-refractivity contribution in [3.8, 4) is 0 Å². The van der Waals surface area contributed by atoms with Crippen molar-refractivity contribution in [1.29, 1.82) is 0 Å². The normalized spacial score (nSPS) is 16.5. The van der Waals surface area contributed by atoms with Crippen LogP contribution in [0, 0.1) is 0 Å². The lowest BCUT2D eigenvalue weighted by atomic mass is 10.2. The molecule has 0 atom stereocenters. The van der Waals surface area contributed by atoms with Crippen LogP contribution >= 0.6 is 23.2 Å². The summed E-state index contributed by atoms with van der Waals surface area (Å²) in [6, 6.07) is 8.08. The molecule has 116 valence electrons. The summed E-state index contributed by atoms with van der Waals surface area (Å²) in [7, 11) is 0. The topological polar surface area (TPSA) is 32.3 Å². The van der Waals surface area contributed by atoms with Crippen LogP contribution in [0.15, 0.2) is 36.7 Å². The molecule has 3 rings (SSSR count). The number of benzene rings is 1. The summed E-state index contributed by atoms with van der Waals surface area (Å²) in [5.41, 5.74) is 1.29. The zero-order valence-electron chi connectivity index (χ0n) is 12.3. The molecule has 1 fully saturated rings. The van der Waals surface area contributed by atoms with Gasteiger partial charge in [0, 0.05) is 37.7 Å². The second-order valence-corrected chi connectivity index (χ2v) is 6.27. The van der Waals surface area contributed by atoms with E-state index in [9.17, 15) is 0 Å². The molecule has 1 aliphatic heterocycles. The Morgan fingerprint density at radius 3 is 2.55 bits per heavy atom. The molecule has 0 N–H and O–H groups in total. The number of hydrogen-bond donors (Lipinski definition) is 0. The third kappa shape index (κ3) is 4.09. The van der Waals surface area contributed by atoms with Crippen molar-refractivity contribution in [3.63, 3.8) is 0 Å². The Hall–Kier alpha value is -1.36. The SMILES string of the molecule is Clc1ccc(CN2CCCN(c3cncc(Cl)n3)CC2)cc1. The monoisotopic (exact) mass is 336 g/mol. The van der Waals surface area contributed by atoms with Crippen molar-refractivity contribution in [2.45, 2.75) is 13.0 Å². The van der Waals surface area contributed by atoms with E-state index in [0.717, 1.165) is 50.0 Å². The summed E-state index contributed by atoms with van der Waals surface area (Å²) in [4.78, 5) is 13.2. The van der Waals surface area contributed by atoms with Gasteiger partial charge in [0.25, 0.3) is 0 Å². The predicted molar refractivity (Wildman–Crippen MR) is 90.6 cm³/mol. The van der Waals surface area contributed by atoms with Gasteiger partial charge >= 0.3 is 0 Å². The van der Waals surface area contributed by atoms with Crippen molar-refractivity contribution in [3.05, 3.63) is 52.4 Å². The first kappa shape index (κ1) is 15.5. The molecule has 1 saturated heterocycles. The van der Waals surface area contributed by atoms with Gasteiger partial charge in [-0.2, -0.15) is 0 Å². The van der Waals surface area contributed by atoms with E-state index >= 15 is 0 Å². The summed E-state index contributed by atoms with van der Waals surface area (Å²) < 4.78 is 0. The highest BCUT2D eigenvalue weighted by atomic mass is 35.5. The Morgan fingerprint density at radius 1 is 0.955 bits per heavy atom. The van der Waals surface area contributed by atoms with Crippen molar-refractivity contribution in [2.75, 3.05) is 31.1 Å². The quantitative estimate of drug-likeness (QED) is 0.858. The zero-order chi connectivity index (χ0) is 15.4. The zero-order valence-corrected chi connectivity index (χ0v) is 13.8. The molecule has 0 radical (unpaired) electrons. The lowest BCUT2D eigenvalue weighted by Gasteiger charge is -2.22. The van der Waals surface area contributed by atoms with Crippen LogP contribution in [0.25, 0.3) is 0 Å². The van der Waals surface area contributed by atoms with Crippen molar-refractivity contribution in [2.24, 2.45) is 0 Å². The Labute approximate surface area is 140 Å². The average molecular weight is 337 g/mol. The van der Waals surface area contributed by atoms with Gasteiger partial charge in [-0.05, 0) is 24.1 Å². The molecule has 2 aromatic rings. The van der Waals surface area contributed by atoms with Gasteiger partial charge < -0.3 is 4.90 Å². The highest BCUT2D eigenvalue weighted by Gasteiger charge is 2.16. The summed E-state index contributed by atoms with van der Waals surface area (Å²) in [6.45, 7) is 4.94. The summed E-state index contributed by atoms with van der Waals surface area (Å²) in [5, 5.41) is 1.23. The van der Waals surface area contributed by atoms with Crippen LogP contribution in [0.2, 0.25) is 10.2 Å². The molecular weight excluding hydrogens is 319 g/mol. The first-order valence-corrected chi connectivity index (χ1v) is 8.15. The molecular formula is C16H18Cl2N4. The maximum absolute atomic E-state index is 5.94. The fourth-order valence-electron chi connectivity index (χ4n) is 2.69. The molecule has 0 aliphatic carbocycles. The standard InChI is InChI=1S/C16H18Cl2N4/c17-14-4-2-13(3-5-14)12-21-6-1-7-22(9-8-21)16-11-19-10-15(18)20-16/h2-5,10-11H,1,6-9,12H2. The summed E-state index contributed by atoms with van der Waals surface area (Å²) >= 11 is 11.9. The molecule has 0 unspecified atom stereocenters. The molecule has 0 saturated carbocycles. The van der Waals surface area contributed by atoms with Crippen molar-refractivity contribution < 1.29 is 0 Å². The first-order chi connectivity index (χ1) is 10.7. The van der Waals surface area contributed by atoms with E-state index in [-0.39, 0.29) is 0 Å². The number of nitrogens with zero attached hydrogens (tertiary/aromatic N) is 4. The second-order valence-electron chi connectivity index (χ2n) is 5.44. The molecule has 0 bridgehead atoms. The van der Waals surface area contributed by atoms with Crippen LogP contribution in [0.5, 0.6) is 0 Å². The Bertz CT molecular complexity index is 618. The lowest BCUT2D eigenvalue weighted by Crippen LogP contribution is -2.31.